The van der Waals surface area contributed by atoms with Gasteiger partial charge in [0.15, 0.2) is 5.96 Å². The number of hydrogen-bond acceptors (Lipinski definition) is 4. The van der Waals surface area contributed by atoms with E-state index in [4.69, 9.17) is 4.74 Å². The van der Waals surface area contributed by atoms with Crippen LogP contribution in [0.1, 0.15) is 36.6 Å². The molecule has 0 bridgehead atoms. The summed E-state index contributed by atoms with van der Waals surface area (Å²) >= 11 is 1.84. The molecule has 1 saturated heterocycles. The zero-order valence-corrected chi connectivity index (χ0v) is 18.7. The minimum Gasteiger partial charge on any atom is -0.379 e. The number of rotatable bonds is 7. The van der Waals surface area contributed by atoms with E-state index >= 15 is 0 Å². The van der Waals surface area contributed by atoms with Crippen molar-refractivity contribution in [3.8, 4) is 0 Å². The van der Waals surface area contributed by atoms with Crippen molar-refractivity contribution in [1.82, 2.24) is 15.5 Å². The fourth-order valence-corrected chi connectivity index (χ4v) is 4.90. The van der Waals surface area contributed by atoms with E-state index < -0.39 is 0 Å². The Morgan fingerprint density at radius 1 is 1.35 bits per heavy atom. The number of nitrogens with one attached hydrogen (secondary N) is 2. The van der Waals surface area contributed by atoms with Crippen LogP contribution < -0.4 is 10.6 Å². The zero-order chi connectivity index (χ0) is 17.1. The largest absolute Gasteiger partial charge is 0.379 e. The van der Waals surface area contributed by atoms with Gasteiger partial charge in [-0.1, -0.05) is 6.07 Å². The Morgan fingerprint density at radius 3 is 2.69 bits per heavy atom. The van der Waals surface area contributed by atoms with Gasteiger partial charge in [-0.3, -0.25) is 9.89 Å². The smallest absolute Gasteiger partial charge is 0.191 e. The monoisotopic (exact) mass is 490 g/mol. The third-order valence-corrected chi connectivity index (χ3v) is 6.96. The van der Waals surface area contributed by atoms with Gasteiger partial charge in [-0.05, 0) is 48.5 Å². The maximum Gasteiger partial charge on any atom is 0.191 e. The average Bonchev–Trinajstić information content (AvgIpc) is 3.57. The summed E-state index contributed by atoms with van der Waals surface area (Å²) in [4.78, 5) is 8.40. The second kappa shape index (κ2) is 9.21. The molecule has 2 heterocycles. The van der Waals surface area contributed by atoms with Crippen LogP contribution in [0.3, 0.4) is 0 Å². The summed E-state index contributed by atoms with van der Waals surface area (Å²) in [5.41, 5.74) is 0.592. The van der Waals surface area contributed by atoms with Crippen LogP contribution in [-0.2, 0) is 4.74 Å². The van der Waals surface area contributed by atoms with Crippen molar-refractivity contribution in [1.29, 1.82) is 0 Å². The van der Waals surface area contributed by atoms with E-state index in [1.165, 1.54) is 30.6 Å². The van der Waals surface area contributed by atoms with Gasteiger partial charge in [0, 0.05) is 38.1 Å². The summed E-state index contributed by atoms with van der Waals surface area (Å²) < 4.78 is 5.53. The van der Waals surface area contributed by atoms with Crippen LogP contribution in [0.4, 0.5) is 0 Å². The van der Waals surface area contributed by atoms with Crippen molar-refractivity contribution in [2.24, 2.45) is 16.3 Å². The molecule has 2 N–H and O–H groups in total. The molecule has 2 saturated carbocycles. The van der Waals surface area contributed by atoms with Crippen LogP contribution in [0.25, 0.3) is 0 Å². The number of morpholine rings is 1. The highest BCUT2D eigenvalue weighted by molar-refractivity contribution is 14.0. The quantitative estimate of drug-likeness (QED) is 0.351. The lowest BCUT2D eigenvalue weighted by atomic mass is 10.0. The Hall–Kier alpha value is -0.380. The molecule has 146 valence electrons. The standard InChI is InChI=1S/C19H30N4OS.HI/c1-20-18(22-14-19(6-7-19)15-4-5-15)21-13-16(17-3-2-12-25-17)23-8-10-24-11-9-23;/h2-3,12,15-16H,4-11,13-14H2,1H3,(H2,20,21,22);1H. The first-order valence-corrected chi connectivity index (χ1v) is 10.5. The third kappa shape index (κ3) is 4.91. The molecule has 1 unspecified atom stereocenters. The molecule has 4 rings (SSSR count). The van der Waals surface area contributed by atoms with Crippen LogP contribution in [0.5, 0.6) is 0 Å². The van der Waals surface area contributed by atoms with E-state index in [1.54, 1.807) is 0 Å². The number of halogens is 1. The van der Waals surface area contributed by atoms with Gasteiger partial charge in [0.2, 0.25) is 0 Å². The van der Waals surface area contributed by atoms with E-state index in [0.717, 1.165) is 51.3 Å². The van der Waals surface area contributed by atoms with E-state index in [2.05, 4.69) is 38.0 Å². The predicted octanol–water partition coefficient (Wildman–Crippen LogP) is 3.09. The molecule has 3 fully saturated rings. The normalized spacial score (nSPS) is 23.8. The van der Waals surface area contributed by atoms with E-state index in [-0.39, 0.29) is 24.0 Å². The Labute approximate surface area is 178 Å². The van der Waals surface area contributed by atoms with Crippen molar-refractivity contribution in [2.75, 3.05) is 46.4 Å². The van der Waals surface area contributed by atoms with Gasteiger partial charge in [-0.15, -0.1) is 35.3 Å². The van der Waals surface area contributed by atoms with Crippen LogP contribution >= 0.6 is 35.3 Å². The van der Waals surface area contributed by atoms with E-state index in [1.807, 2.05) is 18.4 Å². The van der Waals surface area contributed by atoms with E-state index in [0.29, 0.717) is 11.5 Å². The van der Waals surface area contributed by atoms with Crippen LogP contribution in [-0.4, -0.2) is 57.3 Å². The fraction of sp³-hybridized carbons (Fsp3) is 0.737. The summed E-state index contributed by atoms with van der Waals surface area (Å²) in [6, 6.07) is 4.78. The fourth-order valence-electron chi connectivity index (χ4n) is 4.04. The number of thiophene rings is 1. The van der Waals surface area contributed by atoms with Gasteiger partial charge in [0.05, 0.1) is 19.3 Å². The predicted molar refractivity (Wildman–Crippen MR) is 119 cm³/mol. The van der Waals surface area contributed by atoms with Gasteiger partial charge in [0.25, 0.3) is 0 Å². The molecule has 1 atom stereocenters. The summed E-state index contributed by atoms with van der Waals surface area (Å²) in [6.45, 7) is 5.63. The molecule has 26 heavy (non-hydrogen) atoms. The summed E-state index contributed by atoms with van der Waals surface area (Å²) in [7, 11) is 1.88. The van der Waals surface area contributed by atoms with Gasteiger partial charge >= 0.3 is 0 Å². The number of nitrogens with zero attached hydrogens (tertiary/aromatic N) is 2. The minimum absolute atomic E-state index is 0. The van der Waals surface area contributed by atoms with Crippen molar-refractivity contribution < 1.29 is 4.74 Å². The second-order valence-electron chi connectivity index (χ2n) is 7.62. The number of ether oxygens (including phenoxy) is 1. The number of aliphatic imine (C=N–C) groups is 1. The molecule has 5 nitrogen and oxygen atoms in total. The van der Waals surface area contributed by atoms with Crippen LogP contribution in [0.2, 0.25) is 0 Å². The molecule has 0 aromatic carbocycles. The van der Waals surface area contributed by atoms with Gasteiger partial charge < -0.3 is 15.4 Å². The molecular formula is C19H31IN4OS. The lowest BCUT2D eigenvalue weighted by Gasteiger charge is -2.34. The lowest BCUT2D eigenvalue weighted by molar-refractivity contribution is 0.0177. The van der Waals surface area contributed by atoms with Gasteiger partial charge in [-0.2, -0.15) is 0 Å². The summed E-state index contributed by atoms with van der Waals surface area (Å²) in [5.74, 6) is 1.92. The summed E-state index contributed by atoms with van der Waals surface area (Å²) in [5, 5.41) is 9.34. The Bertz CT molecular complexity index is 580. The molecule has 7 heteroatoms. The van der Waals surface area contributed by atoms with Crippen molar-refractivity contribution in [3.63, 3.8) is 0 Å². The number of hydrogen-bond donors (Lipinski definition) is 2. The van der Waals surface area contributed by atoms with Crippen molar-refractivity contribution in [2.45, 2.75) is 31.7 Å². The molecule has 1 aliphatic heterocycles. The Morgan fingerprint density at radius 2 is 2.12 bits per heavy atom. The second-order valence-corrected chi connectivity index (χ2v) is 8.60. The van der Waals surface area contributed by atoms with Crippen LogP contribution in [0, 0.1) is 11.3 Å². The third-order valence-electron chi connectivity index (χ3n) is 5.99. The highest BCUT2D eigenvalue weighted by atomic mass is 127. The molecule has 3 aliphatic rings. The van der Waals surface area contributed by atoms with Gasteiger partial charge in [-0.25, -0.2) is 0 Å². The first-order valence-electron chi connectivity index (χ1n) is 9.60. The van der Waals surface area contributed by atoms with E-state index in [9.17, 15) is 0 Å². The summed E-state index contributed by atoms with van der Waals surface area (Å²) in [6.07, 6.45) is 5.66. The molecule has 0 radical (unpaired) electrons. The highest BCUT2D eigenvalue weighted by Crippen LogP contribution is 2.60. The van der Waals surface area contributed by atoms with Crippen LogP contribution in [0.15, 0.2) is 22.5 Å². The molecule has 0 spiro atoms. The minimum atomic E-state index is 0. The molecule has 1 aromatic heterocycles. The highest BCUT2D eigenvalue weighted by Gasteiger charge is 2.53. The average molecular weight is 490 g/mol. The first-order chi connectivity index (χ1) is 12.3. The maximum absolute atomic E-state index is 5.53. The number of guanidine groups is 1. The van der Waals surface area contributed by atoms with Crippen molar-refractivity contribution in [3.05, 3.63) is 22.4 Å². The first kappa shape index (κ1) is 20.4. The Balaban J connectivity index is 0.00000196. The van der Waals surface area contributed by atoms with Gasteiger partial charge in [0.1, 0.15) is 0 Å². The molecule has 1 aromatic rings. The maximum atomic E-state index is 5.53. The van der Waals surface area contributed by atoms with Crippen molar-refractivity contribution >= 4 is 41.3 Å². The zero-order valence-electron chi connectivity index (χ0n) is 15.6. The molecule has 0 amide bonds. The SMILES string of the molecule is CN=C(NCC(c1cccs1)N1CCOCC1)NCC1(C2CC2)CC1.I. The lowest BCUT2D eigenvalue weighted by Crippen LogP contribution is -2.47. The molecule has 2 aliphatic carbocycles. The molecular weight excluding hydrogens is 459 g/mol. The Kier molecular flexibility index (Phi) is 7.21. The topological polar surface area (TPSA) is 48.9 Å².